The SMILES string of the molecule is Cc1coc(C)c1C(=O)N1CCN([C@@H](C)C(=O)N2CCOCC2)CC1. The molecule has 2 fully saturated rings. The van der Waals surface area contributed by atoms with Gasteiger partial charge in [0.25, 0.3) is 5.91 Å². The maximum absolute atomic E-state index is 12.7. The van der Waals surface area contributed by atoms with Gasteiger partial charge in [0.2, 0.25) is 5.91 Å². The summed E-state index contributed by atoms with van der Waals surface area (Å²) < 4.78 is 10.7. The van der Waals surface area contributed by atoms with Crippen LogP contribution in [0, 0.1) is 13.8 Å². The molecule has 1 atom stereocenters. The molecule has 7 heteroatoms. The molecule has 1 aromatic heterocycles. The first-order valence-electron chi connectivity index (χ1n) is 8.93. The van der Waals surface area contributed by atoms with Crippen molar-refractivity contribution in [2.45, 2.75) is 26.8 Å². The van der Waals surface area contributed by atoms with Crippen molar-refractivity contribution in [3.8, 4) is 0 Å². The smallest absolute Gasteiger partial charge is 0.257 e. The van der Waals surface area contributed by atoms with Crippen molar-refractivity contribution in [2.75, 3.05) is 52.5 Å². The zero-order valence-electron chi connectivity index (χ0n) is 15.3. The Kier molecular flexibility index (Phi) is 5.44. The van der Waals surface area contributed by atoms with E-state index in [0.717, 1.165) is 5.56 Å². The highest BCUT2D eigenvalue weighted by atomic mass is 16.5. The molecule has 0 aliphatic carbocycles. The molecule has 25 heavy (non-hydrogen) atoms. The number of hydrogen-bond donors (Lipinski definition) is 0. The fourth-order valence-electron chi connectivity index (χ4n) is 3.57. The van der Waals surface area contributed by atoms with Crippen LogP contribution < -0.4 is 0 Å². The number of rotatable bonds is 3. The average molecular weight is 349 g/mol. The van der Waals surface area contributed by atoms with E-state index in [-0.39, 0.29) is 17.9 Å². The Morgan fingerprint density at radius 2 is 1.64 bits per heavy atom. The maximum atomic E-state index is 12.7. The summed E-state index contributed by atoms with van der Waals surface area (Å²) in [5.74, 6) is 0.848. The second-order valence-corrected chi connectivity index (χ2v) is 6.79. The quantitative estimate of drug-likeness (QED) is 0.811. The lowest BCUT2D eigenvalue weighted by Crippen LogP contribution is -2.56. The molecule has 1 aromatic rings. The molecule has 0 radical (unpaired) electrons. The number of amides is 2. The fraction of sp³-hybridized carbons (Fsp3) is 0.667. The van der Waals surface area contributed by atoms with Crippen LogP contribution in [-0.4, -0.2) is 85.0 Å². The lowest BCUT2D eigenvalue weighted by Gasteiger charge is -2.39. The van der Waals surface area contributed by atoms with E-state index in [0.29, 0.717) is 63.8 Å². The molecule has 2 aliphatic rings. The molecule has 138 valence electrons. The van der Waals surface area contributed by atoms with Crippen LogP contribution >= 0.6 is 0 Å². The molecule has 2 amide bonds. The van der Waals surface area contributed by atoms with Crippen LogP contribution in [-0.2, 0) is 9.53 Å². The van der Waals surface area contributed by atoms with Gasteiger partial charge in [-0.05, 0) is 20.8 Å². The van der Waals surface area contributed by atoms with E-state index in [4.69, 9.17) is 9.15 Å². The highest BCUT2D eigenvalue weighted by Gasteiger charge is 2.31. The van der Waals surface area contributed by atoms with Crippen molar-refractivity contribution >= 4 is 11.8 Å². The van der Waals surface area contributed by atoms with Crippen molar-refractivity contribution in [1.29, 1.82) is 0 Å². The molecule has 0 unspecified atom stereocenters. The monoisotopic (exact) mass is 349 g/mol. The van der Waals surface area contributed by atoms with Gasteiger partial charge in [-0.25, -0.2) is 0 Å². The van der Waals surface area contributed by atoms with E-state index in [2.05, 4.69) is 4.90 Å². The molecule has 0 spiro atoms. The van der Waals surface area contributed by atoms with Crippen LogP contribution in [0.15, 0.2) is 10.7 Å². The van der Waals surface area contributed by atoms with Gasteiger partial charge in [0.05, 0.1) is 31.1 Å². The van der Waals surface area contributed by atoms with Crippen molar-refractivity contribution in [3.05, 3.63) is 23.2 Å². The van der Waals surface area contributed by atoms with Gasteiger partial charge in [-0.2, -0.15) is 0 Å². The molecule has 0 saturated carbocycles. The lowest BCUT2D eigenvalue weighted by molar-refractivity contribution is -0.141. The van der Waals surface area contributed by atoms with E-state index in [1.54, 1.807) is 6.26 Å². The van der Waals surface area contributed by atoms with Crippen molar-refractivity contribution < 1.29 is 18.7 Å². The van der Waals surface area contributed by atoms with Gasteiger partial charge in [0.15, 0.2) is 0 Å². The Hall–Kier alpha value is -1.86. The predicted octanol–water partition coefficient (Wildman–Crippen LogP) is 0.902. The molecule has 2 saturated heterocycles. The Labute approximate surface area is 148 Å². The second kappa shape index (κ2) is 7.58. The van der Waals surface area contributed by atoms with Crippen LogP contribution in [0.3, 0.4) is 0 Å². The third kappa shape index (κ3) is 3.72. The minimum atomic E-state index is -0.159. The molecule has 0 bridgehead atoms. The Balaban J connectivity index is 1.56. The first-order chi connectivity index (χ1) is 12.0. The van der Waals surface area contributed by atoms with Crippen LogP contribution in [0.2, 0.25) is 0 Å². The molecule has 2 aliphatic heterocycles. The zero-order valence-corrected chi connectivity index (χ0v) is 15.3. The Morgan fingerprint density at radius 3 is 2.20 bits per heavy atom. The second-order valence-electron chi connectivity index (χ2n) is 6.79. The van der Waals surface area contributed by atoms with Crippen molar-refractivity contribution in [3.63, 3.8) is 0 Å². The number of nitrogens with zero attached hydrogens (tertiary/aromatic N) is 3. The number of furan rings is 1. The van der Waals surface area contributed by atoms with Crippen LogP contribution in [0.1, 0.15) is 28.6 Å². The van der Waals surface area contributed by atoms with Gasteiger partial charge in [0, 0.05) is 44.8 Å². The standard InChI is InChI=1S/C18H27N3O4/c1-13-12-25-15(3)16(13)18(23)20-6-4-19(5-7-20)14(2)17(22)21-8-10-24-11-9-21/h12,14H,4-11H2,1-3H3/t14-/m0/s1. The van der Waals surface area contributed by atoms with E-state index in [1.807, 2.05) is 30.6 Å². The Morgan fingerprint density at radius 1 is 1.00 bits per heavy atom. The van der Waals surface area contributed by atoms with Crippen molar-refractivity contribution in [2.24, 2.45) is 0 Å². The number of piperazine rings is 1. The summed E-state index contributed by atoms with van der Waals surface area (Å²) in [5.41, 5.74) is 1.55. The van der Waals surface area contributed by atoms with Gasteiger partial charge >= 0.3 is 0 Å². The van der Waals surface area contributed by atoms with Gasteiger partial charge in [-0.3, -0.25) is 14.5 Å². The topological polar surface area (TPSA) is 66.2 Å². The molecule has 7 nitrogen and oxygen atoms in total. The highest BCUT2D eigenvalue weighted by molar-refractivity contribution is 5.96. The molecule has 0 N–H and O–H groups in total. The van der Waals surface area contributed by atoms with E-state index < -0.39 is 0 Å². The normalized spacial score (nSPS) is 20.6. The van der Waals surface area contributed by atoms with Crippen LogP contribution in [0.25, 0.3) is 0 Å². The van der Waals surface area contributed by atoms with Crippen molar-refractivity contribution in [1.82, 2.24) is 14.7 Å². The fourth-order valence-corrected chi connectivity index (χ4v) is 3.57. The number of carbonyl (C=O) groups is 2. The van der Waals surface area contributed by atoms with Crippen LogP contribution in [0.5, 0.6) is 0 Å². The maximum Gasteiger partial charge on any atom is 0.257 e. The first-order valence-corrected chi connectivity index (χ1v) is 8.93. The summed E-state index contributed by atoms with van der Waals surface area (Å²) in [6.45, 7) is 10.9. The zero-order chi connectivity index (χ0) is 18.0. The average Bonchev–Trinajstić information content (AvgIpc) is 2.99. The third-order valence-corrected chi connectivity index (χ3v) is 5.20. The summed E-state index contributed by atoms with van der Waals surface area (Å²) in [5, 5.41) is 0. The summed E-state index contributed by atoms with van der Waals surface area (Å²) in [7, 11) is 0. The summed E-state index contributed by atoms with van der Waals surface area (Å²) >= 11 is 0. The molecule has 0 aromatic carbocycles. The number of hydrogen-bond acceptors (Lipinski definition) is 5. The van der Waals surface area contributed by atoms with E-state index >= 15 is 0 Å². The van der Waals surface area contributed by atoms with E-state index in [9.17, 15) is 9.59 Å². The first kappa shape index (κ1) is 17.9. The molecular formula is C18H27N3O4. The van der Waals surface area contributed by atoms with Gasteiger partial charge < -0.3 is 19.0 Å². The molecule has 3 rings (SSSR count). The minimum Gasteiger partial charge on any atom is -0.469 e. The number of aryl methyl sites for hydroxylation is 2. The van der Waals surface area contributed by atoms with E-state index in [1.165, 1.54) is 0 Å². The lowest BCUT2D eigenvalue weighted by atomic mass is 10.1. The third-order valence-electron chi connectivity index (χ3n) is 5.20. The number of ether oxygens (including phenoxy) is 1. The summed E-state index contributed by atoms with van der Waals surface area (Å²) in [6, 6.07) is -0.159. The number of morpholine rings is 1. The summed E-state index contributed by atoms with van der Waals surface area (Å²) in [4.78, 5) is 31.2. The minimum absolute atomic E-state index is 0.0237. The summed E-state index contributed by atoms with van der Waals surface area (Å²) in [6.07, 6.45) is 1.63. The van der Waals surface area contributed by atoms with Gasteiger partial charge in [0.1, 0.15) is 5.76 Å². The number of carbonyl (C=O) groups excluding carboxylic acids is 2. The Bertz CT molecular complexity index is 609. The molecular weight excluding hydrogens is 322 g/mol. The molecule has 3 heterocycles. The largest absolute Gasteiger partial charge is 0.469 e. The van der Waals surface area contributed by atoms with Crippen LogP contribution in [0.4, 0.5) is 0 Å². The van der Waals surface area contributed by atoms with Gasteiger partial charge in [-0.15, -0.1) is 0 Å². The van der Waals surface area contributed by atoms with Gasteiger partial charge in [-0.1, -0.05) is 0 Å². The highest BCUT2D eigenvalue weighted by Crippen LogP contribution is 2.19. The predicted molar refractivity (Wildman–Crippen MR) is 92.5 cm³/mol.